The maximum absolute atomic E-state index is 5.39. The SMILES string of the molecule is CCOc1ccc(-c2nc(-c3ccccn3)no2)cc1. The lowest BCUT2D eigenvalue weighted by Gasteiger charge is -2.02. The lowest BCUT2D eigenvalue weighted by atomic mass is 10.2. The number of ether oxygens (including phenoxy) is 1. The summed E-state index contributed by atoms with van der Waals surface area (Å²) in [5, 5.41) is 3.94. The van der Waals surface area contributed by atoms with Crippen LogP contribution in [0.1, 0.15) is 6.92 Å². The topological polar surface area (TPSA) is 61.0 Å². The molecule has 0 aliphatic rings. The first-order chi connectivity index (χ1) is 9.86. The van der Waals surface area contributed by atoms with Gasteiger partial charge in [0.25, 0.3) is 5.89 Å². The van der Waals surface area contributed by atoms with E-state index < -0.39 is 0 Å². The minimum atomic E-state index is 0.466. The maximum atomic E-state index is 5.39. The average molecular weight is 267 g/mol. The predicted octanol–water partition coefficient (Wildman–Crippen LogP) is 3.20. The summed E-state index contributed by atoms with van der Waals surface area (Å²) in [6, 6.07) is 13.1. The van der Waals surface area contributed by atoms with Crippen molar-refractivity contribution in [1.29, 1.82) is 0 Å². The zero-order chi connectivity index (χ0) is 13.8. The third-order valence-corrected chi connectivity index (χ3v) is 2.73. The van der Waals surface area contributed by atoms with Gasteiger partial charge in [-0.1, -0.05) is 11.2 Å². The van der Waals surface area contributed by atoms with Gasteiger partial charge in [0.15, 0.2) is 0 Å². The third-order valence-electron chi connectivity index (χ3n) is 2.73. The fourth-order valence-electron chi connectivity index (χ4n) is 1.80. The van der Waals surface area contributed by atoms with Gasteiger partial charge in [-0.3, -0.25) is 4.98 Å². The number of hydrogen-bond acceptors (Lipinski definition) is 5. The normalized spacial score (nSPS) is 10.4. The Bertz CT molecular complexity index is 678. The largest absolute Gasteiger partial charge is 0.494 e. The van der Waals surface area contributed by atoms with Gasteiger partial charge >= 0.3 is 0 Å². The molecule has 0 atom stereocenters. The minimum Gasteiger partial charge on any atom is -0.494 e. The number of pyridine rings is 1. The molecule has 20 heavy (non-hydrogen) atoms. The van der Waals surface area contributed by atoms with E-state index in [2.05, 4.69) is 15.1 Å². The molecule has 5 nitrogen and oxygen atoms in total. The van der Waals surface area contributed by atoms with E-state index in [0.717, 1.165) is 11.3 Å². The van der Waals surface area contributed by atoms with Crippen LogP contribution in [0.5, 0.6) is 5.75 Å². The second-order valence-corrected chi connectivity index (χ2v) is 4.10. The molecule has 0 saturated carbocycles. The van der Waals surface area contributed by atoms with Gasteiger partial charge in [0.05, 0.1) is 6.61 Å². The van der Waals surface area contributed by atoms with E-state index in [1.54, 1.807) is 6.20 Å². The summed E-state index contributed by atoms with van der Waals surface area (Å²) < 4.78 is 10.7. The fourth-order valence-corrected chi connectivity index (χ4v) is 1.80. The lowest BCUT2D eigenvalue weighted by Crippen LogP contribution is -1.90. The van der Waals surface area contributed by atoms with E-state index in [-0.39, 0.29) is 0 Å². The third kappa shape index (κ3) is 2.51. The Hall–Kier alpha value is -2.69. The number of aromatic nitrogens is 3. The van der Waals surface area contributed by atoms with Gasteiger partial charge in [-0.25, -0.2) is 0 Å². The van der Waals surface area contributed by atoms with E-state index in [4.69, 9.17) is 9.26 Å². The first kappa shape index (κ1) is 12.3. The highest BCUT2D eigenvalue weighted by atomic mass is 16.5. The number of rotatable bonds is 4. The molecule has 0 aliphatic heterocycles. The van der Waals surface area contributed by atoms with Crippen molar-refractivity contribution in [2.24, 2.45) is 0 Å². The van der Waals surface area contributed by atoms with Crippen LogP contribution in [0.4, 0.5) is 0 Å². The highest BCUT2D eigenvalue weighted by molar-refractivity contribution is 5.58. The van der Waals surface area contributed by atoms with Crippen LogP contribution in [0, 0.1) is 0 Å². The van der Waals surface area contributed by atoms with Crippen molar-refractivity contribution in [3.63, 3.8) is 0 Å². The Morgan fingerprint density at radius 1 is 1.10 bits per heavy atom. The molecule has 0 amide bonds. The molecule has 100 valence electrons. The molecule has 3 aromatic rings. The molecule has 3 rings (SSSR count). The Morgan fingerprint density at radius 3 is 2.65 bits per heavy atom. The zero-order valence-corrected chi connectivity index (χ0v) is 11.0. The second kappa shape index (κ2) is 5.52. The monoisotopic (exact) mass is 267 g/mol. The molecule has 2 heterocycles. The van der Waals surface area contributed by atoms with Crippen LogP contribution < -0.4 is 4.74 Å². The van der Waals surface area contributed by atoms with Gasteiger partial charge in [-0.05, 0) is 43.3 Å². The van der Waals surface area contributed by atoms with Crippen LogP contribution in [-0.4, -0.2) is 21.7 Å². The number of nitrogens with zero attached hydrogens (tertiary/aromatic N) is 3. The molecule has 1 aromatic carbocycles. The van der Waals surface area contributed by atoms with E-state index in [9.17, 15) is 0 Å². The van der Waals surface area contributed by atoms with Gasteiger partial charge in [-0.15, -0.1) is 0 Å². The maximum Gasteiger partial charge on any atom is 0.258 e. The van der Waals surface area contributed by atoms with E-state index >= 15 is 0 Å². The average Bonchev–Trinajstić information content (AvgIpc) is 2.99. The summed E-state index contributed by atoms with van der Waals surface area (Å²) in [5.41, 5.74) is 1.54. The van der Waals surface area contributed by atoms with Crippen LogP contribution in [-0.2, 0) is 0 Å². The van der Waals surface area contributed by atoms with Crippen molar-refractivity contribution >= 4 is 0 Å². The van der Waals surface area contributed by atoms with Crippen LogP contribution in [0.25, 0.3) is 23.0 Å². The molecule has 0 spiro atoms. The molecule has 0 N–H and O–H groups in total. The molecular formula is C15H13N3O2. The number of hydrogen-bond donors (Lipinski definition) is 0. The first-order valence-corrected chi connectivity index (χ1v) is 6.35. The van der Waals surface area contributed by atoms with Crippen LogP contribution in [0.15, 0.2) is 53.2 Å². The van der Waals surface area contributed by atoms with Crippen LogP contribution in [0.2, 0.25) is 0 Å². The smallest absolute Gasteiger partial charge is 0.258 e. The van der Waals surface area contributed by atoms with Crippen molar-refractivity contribution in [1.82, 2.24) is 15.1 Å². The summed E-state index contributed by atoms with van der Waals surface area (Å²) in [5.74, 6) is 1.77. The first-order valence-electron chi connectivity index (χ1n) is 6.35. The Morgan fingerprint density at radius 2 is 1.95 bits per heavy atom. The molecule has 0 aliphatic carbocycles. The molecule has 5 heteroatoms. The summed E-state index contributed by atoms with van der Waals surface area (Å²) >= 11 is 0. The Kier molecular flexibility index (Phi) is 3.41. The highest BCUT2D eigenvalue weighted by Crippen LogP contribution is 2.23. The van der Waals surface area contributed by atoms with Gasteiger partial charge in [-0.2, -0.15) is 4.98 Å². The van der Waals surface area contributed by atoms with E-state index in [0.29, 0.717) is 24.0 Å². The Labute approximate surface area is 116 Å². The summed E-state index contributed by atoms with van der Waals surface area (Å²) in [7, 11) is 0. The summed E-state index contributed by atoms with van der Waals surface area (Å²) in [6.07, 6.45) is 1.70. The zero-order valence-electron chi connectivity index (χ0n) is 11.0. The predicted molar refractivity (Wildman–Crippen MR) is 74.1 cm³/mol. The van der Waals surface area contributed by atoms with E-state index in [1.807, 2.05) is 49.4 Å². The van der Waals surface area contributed by atoms with Crippen molar-refractivity contribution < 1.29 is 9.26 Å². The van der Waals surface area contributed by atoms with E-state index in [1.165, 1.54) is 0 Å². The molecule has 0 radical (unpaired) electrons. The molecule has 2 aromatic heterocycles. The lowest BCUT2D eigenvalue weighted by molar-refractivity contribution is 0.340. The minimum absolute atomic E-state index is 0.466. The molecule has 0 bridgehead atoms. The van der Waals surface area contributed by atoms with Gasteiger partial charge in [0, 0.05) is 11.8 Å². The second-order valence-electron chi connectivity index (χ2n) is 4.10. The van der Waals surface area contributed by atoms with Crippen molar-refractivity contribution in [3.8, 4) is 28.7 Å². The Balaban J connectivity index is 1.86. The van der Waals surface area contributed by atoms with Crippen LogP contribution >= 0.6 is 0 Å². The van der Waals surface area contributed by atoms with Crippen LogP contribution in [0.3, 0.4) is 0 Å². The van der Waals surface area contributed by atoms with Crippen molar-refractivity contribution in [3.05, 3.63) is 48.7 Å². The van der Waals surface area contributed by atoms with Crippen molar-refractivity contribution in [2.45, 2.75) is 6.92 Å². The standard InChI is InChI=1S/C15H13N3O2/c1-2-19-12-8-6-11(7-9-12)15-17-14(18-20-15)13-5-3-4-10-16-13/h3-10H,2H2,1H3. The van der Waals surface area contributed by atoms with Gasteiger partial charge in [0.2, 0.25) is 5.82 Å². The fraction of sp³-hybridized carbons (Fsp3) is 0.133. The summed E-state index contributed by atoms with van der Waals surface area (Å²) in [4.78, 5) is 8.53. The van der Waals surface area contributed by atoms with Gasteiger partial charge < -0.3 is 9.26 Å². The van der Waals surface area contributed by atoms with Crippen molar-refractivity contribution in [2.75, 3.05) is 6.61 Å². The highest BCUT2D eigenvalue weighted by Gasteiger charge is 2.11. The van der Waals surface area contributed by atoms with Gasteiger partial charge in [0.1, 0.15) is 11.4 Å². The molecule has 0 saturated heterocycles. The molecule has 0 fully saturated rings. The molecule has 0 unspecified atom stereocenters. The molecular weight excluding hydrogens is 254 g/mol. The summed E-state index contributed by atoms with van der Waals surface area (Å²) in [6.45, 7) is 2.59. The number of benzene rings is 1. The quantitative estimate of drug-likeness (QED) is 0.726.